The molecule has 4 heteroatoms. The second-order valence-electron chi connectivity index (χ2n) is 7.36. The lowest BCUT2D eigenvalue weighted by molar-refractivity contribution is 0.149. The quantitative estimate of drug-likeness (QED) is 0.790. The molecule has 1 unspecified atom stereocenters. The maximum Gasteiger partial charge on any atom is 0.323 e. The zero-order chi connectivity index (χ0) is 14.3. The Kier molecular flexibility index (Phi) is 3.63. The van der Waals surface area contributed by atoms with E-state index in [4.69, 9.17) is 5.41 Å². The first-order valence-electron chi connectivity index (χ1n) is 7.44. The molecule has 108 valence electrons. The van der Waals surface area contributed by atoms with Gasteiger partial charge in [0.1, 0.15) is 11.4 Å². The largest absolute Gasteiger partial charge is 0.323 e. The van der Waals surface area contributed by atoms with Gasteiger partial charge in [-0.25, -0.2) is 4.79 Å². The fraction of sp³-hybridized carbons (Fsp3) is 0.867. The fourth-order valence-electron chi connectivity index (χ4n) is 3.42. The van der Waals surface area contributed by atoms with Gasteiger partial charge in [-0.05, 0) is 37.0 Å². The van der Waals surface area contributed by atoms with E-state index in [1.165, 1.54) is 6.42 Å². The van der Waals surface area contributed by atoms with Crippen molar-refractivity contribution in [3.63, 3.8) is 0 Å². The second-order valence-corrected chi connectivity index (χ2v) is 7.36. The highest BCUT2D eigenvalue weighted by atomic mass is 16.2. The normalized spacial score (nSPS) is 30.9. The molecule has 2 rings (SSSR count). The maximum atomic E-state index is 12.1. The smallest absolute Gasteiger partial charge is 0.311 e. The molecule has 2 aliphatic rings. The number of amidine groups is 1. The van der Waals surface area contributed by atoms with E-state index < -0.39 is 0 Å². The van der Waals surface area contributed by atoms with Crippen molar-refractivity contribution in [2.45, 2.75) is 65.3 Å². The number of nitrogens with one attached hydrogen (secondary N) is 2. The van der Waals surface area contributed by atoms with Gasteiger partial charge in [0.15, 0.2) is 0 Å². The van der Waals surface area contributed by atoms with Crippen LogP contribution in [0.25, 0.3) is 0 Å². The Bertz CT molecular complexity index is 389. The Hall–Kier alpha value is -1.06. The Balaban J connectivity index is 2.27. The number of carbonyl (C=O) groups excluding carboxylic acids is 1. The van der Waals surface area contributed by atoms with E-state index in [2.05, 4.69) is 33.0 Å². The number of hydrogen-bond donors (Lipinski definition) is 2. The van der Waals surface area contributed by atoms with Crippen LogP contribution < -0.4 is 5.32 Å². The van der Waals surface area contributed by atoms with Crippen LogP contribution in [0, 0.1) is 16.7 Å². The van der Waals surface area contributed by atoms with E-state index in [9.17, 15) is 4.79 Å². The third-order valence-electron chi connectivity index (χ3n) is 4.67. The van der Waals surface area contributed by atoms with Crippen molar-refractivity contribution >= 4 is 11.9 Å². The molecule has 4 nitrogen and oxygen atoms in total. The third-order valence-corrected chi connectivity index (χ3v) is 4.67. The van der Waals surface area contributed by atoms with Gasteiger partial charge in [-0.1, -0.05) is 34.1 Å². The summed E-state index contributed by atoms with van der Waals surface area (Å²) in [5, 5.41) is 11.0. The highest BCUT2D eigenvalue weighted by Crippen LogP contribution is 2.42. The van der Waals surface area contributed by atoms with Gasteiger partial charge >= 0.3 is 6.03 Å². The number of nitrogens with zero attached hydrogens (tertiary/aromatic N) is 1. The molecule has 1 aliphatic heterocycles. The summed E-state index contributed by atoms with van der Waals surface area (Å²) < 4.78 is 0. The van der Waals surface area contributed by atoms with Crippen LogP contribution >= 0.6 is 0 Å². The molecule has 0 radical (unpaired) electrons. The highest BCUT2D eigenvalue weighted by Gasteiger charge is 2.51. The van der Waals surface area contributed by atoms with Crippen molar-refractivity contribution in [1.29, 1.82) is 5.41 Å². The molecule has 0 bridgehead atoms. The van der Waals surface area contributed by atoms with Crippen molar-refractivity contribution in [3.8, 4) is 0 Å². The van der Waals surface area contributed by atoms with Crippen LogP contribution in [0.5, 0.6) is 0 Å². The fourth-order valence-corrected chi connectivity index (χ4v) is 3.42. The van der Waals surface area contributed by atoms with E-state index in [-0.39, 0.29) is 11.6 Å². The van der Waals surface area contributed by atoms with Crippen LogP contribution in [-0.2, 0) is 0 Å². The molecular weight excluding hydrogens is 238 g/mol. The zero-order valence-corrected chi connectivity index (χ0v) is 12.7. The van der Waals surface area contributed by atoms with Gasteiger partial charge < -0.3 is 4.90 Å². The van der Waals surface area contributed by atoms with Crippen molar-refractivity contribution < 1.29 is 4.79 Å². The summed E-state index contributed by atoms with van der Waals surface area (Å²) in [6.45, 7) is 9.60. The minimum Gasteiger partial charge on any atom is -0.311 e. The monoisotopic (exact) mass is 265 g/mol. The standard InChI is InChI=1S/C15H27N3O/c1-11(2)10-18-13(19)17-12(16)15(18)7-5-6-14(3,4)8-9-15/h11H,5-10H2,1-4H3,(H2,16,17,19). The van der Waals surface area contributed by atoms with Crippen LogP contribution in [0.15, 0.2) is 0 Å². The topological polar surface area (TPSA) is 56.2 Å². The molecule has 1 spiro atoms. The summed E-state index contributed by atoms with van der Waals surface area (Å²) in [6, 6.07) is -0.0709. The molecule has 2 N–H and O–H groups in total. The summed E-state index contributed by atoms with van der Waals surface area (Å²) in [5.41, 5.74) is -0.0198. The van der Waals surface area contributed by atoms with Gasteiger partial charge in [0.25, 0.3) is 0 Å². The van der Waals surface area contributed by atoms with Gasteiger partial charge in [0.2, 0.25) is 0 Å². The average molecular weight is 265 g/mol. The summed E-state index contributed by atoms with van der Waals surface area (Å²) >= 11 is 0. The van der Waals surface area contributed by atoms with Crippen LogP contribution in [0.1, 0.15) is 59.8 Å². The van der Waals surface area contributed by atoms with Gasteiger partial charge in [0.05, 0.1) is 0 Å². The molecule has 1 aliphatic carbocycles. The molecule has 2 fully saturated rings. The van der Waals surface area contributed by atoms with Gasteiger partial charge in [-0.2, -0.15) is 0 Å². The third kappa shape index (κ3) is 2.63. The Morgan fingerprint density at radius 2 is 1.95 bits per heavy atom. The van der Waals surface area contributed by atoms with Crippen molar-refractivity contribution in [2.24, 2.45) is 11.3 Å². The first-order valence-corrected chi connectivity index (χ1v) is 7.44. The van der Waals surface area contributed by atoms with Crippen molar-refractivity contribution in [1.82, 2.24) is 10.2 Å². The Morgan fingerprint density at radius 3 is 2.58 bits per heavy atom. The van der Waals surface area contributed by atoms with E-state index in [1.54, 1.807) is 0 Å². The zero-order valence-electron chi connectivity index (χ0n) is 12.7. The number of amides is 2. The molecule has 0 aromatic carbocycles. The summed E-state index contributed by atoms with van der Waals surface area (Å²) in [4.78, 5) is 14.1. The number of carbonyl (C=O) groups is 1. The summed E-state index contributed by atoms with van der Waals surface area (Å²) in [6.07, 6.45) is 5.22. The molecule has 2 amide bonds. The second kappa shape index (κ2) is 4.80. The number of hydrogen-bond acceptors (Lipinski definition) is 2. The first-order chi connectivity index (χ1) is 8.77. The number of rotatable bonds is 2. The molecule has 0 aromatic heterocycles. The maximum absolute atomic E-state index is 12.1. The van der Waals surface area contributed by atoms with Crippen LogP contribution in [-0.4, -0.2) is 28.9 Å². The molecule has 19 heavy (non-hydrogen) atoms. The molecule has 1 heterocycles. The number of urea groups is 1. The van der Waals surface area contributed by atoms with E-state index in [0.717, 1.165) is 32.2 Å². The SMILES string of the molecule is CC(C)CN1C(=O)NC(=N)C12CCCC(C)(C)CC2. The molecule has 1 atom stereocenters. The average Bonchev–Trinajstić information content (AvgIpc) is 2.45. The van der Waals surface area contributed by atoms with Gasteiger partial charge in [-0.15, -0.1) is 0 Å². The Labute approximate surface area is 116 Å². The Morgan fingerprint density at radius 1 is 1.26 bits per heavy atom. The van der Waals surface area contributed by atoms with Crippen molar-refractivity contribution in [2.75, 3.05) is 6.54 Å². The van der Waals surface area contributed by atoms with Crippen LogP contribution in [0.2, 0.25) is 0 Å². The van der Waals surface area contributed by atoms with Crippen molar-refractivity contribution in [3.05, 3.63) is 0 Å². The highest BCUT2D eigenvalue weighted by molar-refractivity contribution is 6.08. The lowest BCUT2D eigenvalue weighted by atomic mass is 9.83. The lowest BCUT2D eigenvalue weighted by Crippen LogP contribution is -2.50. The van der Waals surface area contributed by atoms with Crippen LogP contribution in [0.4, 0.5) is 4.79 Å². The van der Waals surface area contributed by atoms with Crippen LogP contribution in [0.3, 0.4) is 0 Å². The predicted molar refractivity (Wildman–Crippen MR) is 77.4 cm³/mol. The molecule has 1 saturated carbocycles. The minimum absolute atomic E-state index is 0.0709. The molecule has 0 aromatic rings. The predicted octanol–water partition coefficient (Wildman–Crippen LogP) is 3.37. The lowest BCUT2D eigenvalue weighted by Gasteiger charge is -2.37. The summed E-state index contributed by atoms with van der Waals surface area (Å²) in [7, 11) is 0. The molecular formula is C15H27N3O. The first kappa shape index (κ1) is 14.4. The van der Waals surface area contributed by atoms with E-state index in [0.29, 0.717) is 17.2 Å². The van der Waals surface area contributed by atoms with Gasteiger partial charge in [-0.3, -0.25) is 10.7 Å². The van der Waals surface area contributed by atoms with Gasteiger partial charge in [0, 0.05) is 6.54 Å². The molecule has 1 saturated heterocycles. The minimum atomic E-state index is -0.352. The summed E-state index contributed by atoms with van der Waals surface area (Å²) in [5.74, 6) is 0.862. The van der Waals surface area contributed by atoms with E-state index in [1.807, 2.05) is 4.90 Å². The van der Waals surface area contributed by atoms with E-state index >= 15 is 0 Å².